The Morgan fingerprint density at radius 2 is 1.90 bits per heavy atom. The zero-order valence-electron chi connectivity index (χ0n) is 16.3. The molecule has 0 fully saturated rings. The van der Waals surface area contributed by atoms with Crippen molar-refractivity contribution in [2.45, 2.75) is 13.5 Å². The van der Waals surface area contributed by atoms with E-state index in [9.17, 15) is 4.79 Å². The SMILES string of the molecule is CCOC(=O)c1cnc(-c2ccccc2)nc1NCc1csc(-c2cccnc2)n1. The van der Waals surface area contributed by atoms with Crippen molar-refractivity contribution in [2.24, 2.45) is 0 Å². The van der Waals surface area contributed by atoms with Gasteiger partial charge in [-0.2, -0.15) is 0 Å². The Kier molecular flexibility index (Phi) is 6.05. The molecule has 0 saturated carbocycles. The van der Waals surface area contributed by atoms with Crippen molar-refractivity contribution in [3.8, 4) is 22.0 Å². The van der Waals surface area contributed by atoms with E-state index >= 15 is 0 Å². The monoisotopic (exact) mass is 417 g/mol. The number of thiazole rings is 1. The molecule has 0 atom stereocenters. The van der Waals surface area contributed by atoms with Gasteiger partial charge in [-0.1, -0.05) is 30.3 Å². The fourth-order valence-electron chi connectivity index (χ4n) is 2.79. The fraction of sp³-hybridized carbons (Fsp3) is 0.136. The molecule has 0 aliphatic rings. The molecule has 0 aliphatic heterocycles. The summed E-state index contributed by atoms with van der Waals surface area (Å²) < 4.78 is 5.15. The number of nitrogens with one attached hydrogen (secondary N) is 1. The highest BCUT2D eigenvalue weighted by molar-refractivity contribution is 7.13. The Hall–Kier alpha value is -3.65. The first-order chi connectivity index (χ1) is 14.7. The summed E-state index contributed by atoms with van der Waals surface area (Å²) in [5.74, 6) is 0.479. The number of ether oxygens (including phenoxy) is 1. The second-order valence-electron chi connectivity index (χ2n) is 6.28. The van der Waals surface area contributed by atoms with Gasteiger partial charge in [-0.05, 0) is 19.1 Å². The van der Waals surface area contributed by atoms with E-state index in [4.69, 9.17) is 4.74 Å². The number of hydrogen-bond acceptors (Lipinski definition) is 8. The molecule has 0 bridgehead atoms. The lowest BCUT2D eigenvalue weighted by molar-refractivity contribution is 0.0526. The third-order valence-corrected chi connectivity index (χ3v) is 5.15. The number of aromatic nitrogens is 4. The number of nitrogens with zero attached hydrogens (tertiary/aromatic N) is 4. The van der Waals surface area contributed by atoms with Crippen LogP contribution < -0.4 is 5.32 Å². The molecule has 0 amide bonds. The molecule has 0 radical (unpaired) electrons. The van der Waals surface area contributed by atoms with Crippen LogP contribution in [0.1, 0.15) is 23.0 Å². The number of benzene rings is 1. The molecule has 7 nitrogen and oxygen atoms in total. The normalized spacial score (nSPS) is 10.6. The largest absolute Gasteiger partial charge is 0.462 e. The van der Waals surface area contributed by atoms with Crippen molar-refractivity contribution in [3.05, 3.63) is 77.7 Å². The van der Waals surface area contributed by atoms with E-state index in [1.807, 2.05) is 47.8 Å². The molecule has 1 N–H and O–H groups in total. The molecular formula is C22H19N5O2S. The van der Waals surface area contributed by atoms with E-state index in [2.05, 4.69) is 25.3 Å². The summed E-state index contributed by atoms with van der Waals surface area (Å²) in [4.78, 5) is 30.0. The molecule has 3 heterocycles. The highest BCUT2D eigenvalue weighted by Crippen LogP contribution is 2.24. The average Bonchev–Trinajstić information content (AvgIpc) is 3.28. The summed E-state index contributed by atoms with van der Waals surface area (Å²) in [6, 6.07) is 13.5. The molecule has 0 spiro atoms. The Morgan fingerprint density at radius 3 is 2.67 bits per heavy atom. The zero-order chi connectivity index (χ0) is 20.8. The number of esters is 1. The predicted molar refractivity (Wildman–Crippen MR) is 116 cm³/mol. The summed E-state index contributed by atoms with van der Waals surface area (Å²) in [5.41, 5.74) is 2.96. The number of carbonyl (C=O) groups is 1. The van der Waals surface area contributed by atoms with Gasteiger partial charge in [0.1, 0.15) is 16.4 Å². The average molecular weight is 417 g/mol. The third kappa shape index (κ3) is 4.49. The number of carbonyl (C=O) groups excluding carboxylic acids is 1. The summed E-state index contributed by atoms with van der Waals surface area (Å²) in [6.07, 6.45) is 5.01. The predicted octanol–water partition coefficient (Wildman–Crippen LogP) is 4.45. The minimum absolute atomic E-state index is 0.277. The van der Waals surface area contributed by atoms with Gasteiger partial charge in [0.15, 0.2) is 5.82 Å². The van der Waals surface area contributed by atoms with Gasteiger partial charge in [-0.3, -0.25) is 4.98 Å². The maximum atomic E-state index is 12.4. The highest BCUT2D eigenvalue weighted by Gasteiger charge is 2.17. The minimum Gasteiger partial charge on any atom is -0.462 e. The number of pyridine rings is 1. The summed E-state index contributed by atoms with van der Waals surface area (Å²) in [7, 11) is 0. The molecule has 0 saturated heterocycles. The van der Waals surface area contributed by atoms with Crippen LogP contribution in [-0.2, 0) is 11.3 Å². The Balaban J connectivity index is 1.58. The van der Waals surface area contributed by atoms with Crippen LogP contribution in [0.5, 0.6) is 0 Å². The van der Waals surface area contributed by atoms with Crippen molar-refractivity contribution >= 4 is 23.1 Å². The van der Waals surface area contributed by atoms with Crippen LogP contribution in [-0.4, -0.2) is 32.5 Å². The van der Waals surface area contributed by atoms with Crippen LogP contribution in [0.4, 0.5) is 5.82 Å². The van der Waals surface area contributed by atoms with E-state index in [1.165, 1.54) is 6.20 Å². The Bertz CT molecular complexity index is 1130. The molecule has 8 heteroatoms. The van der Waals surface area contributed by atoms with Crippen LogP contribution >= 0.6 is 11.3 Å². The van der Waals surface area contributed by atoms with Crippen molar-refractivity contribution in [2.75, 3.05) is 11.9 Å². The summed E-state index contributed by atoms with van der Waals surface area (Å²) in [5, 5.41) is 6.08. The number of hydrogen-bond donors (Lipinski definition) is 1. The highest BCUT2D eigenvalue weighted by atomic mass is 32.1. The van der Waals surface area contributed by atoms with Crippen LogP contribution in [0.2, 0.25) is 0 Å². The van der Waals surface area contributed by atoms with Crippen LogP contribution in [0, 0.1) is 0 Å². The number of rotatable bonds is 7. The topological polar surface area (TPSA) is 89.9 Å². The van der Waals surface area contributed by atoms with Crippen LogP contribution in [0.3, 0.4) is 0 Å². The minimum atomic E-state index is -0.464. The molecule has 30 heavy (non-hydrogen) atoms. The van der Waals surface area contributed by atoms with E-state index in [0.717, 1.165) is 21.8 Å². The second-order valence-corrected chi connectivity index (χ2v) is 7.14. The van der Waals surface area contributed by atoms with E-state index in [-0.39, 0.29) is 6.61 Å². The first-order valence-electron chi connectivity index (χ1n) is 9.43. The first kappa shape index (κ1) is 19.7. The van der Waals surface area contributed by atoms with Crippen LogP contribution in [0.25, 0.3) is 22.0 Å². The first-order valence-corrected chi connectivity index (χ1v) is 10.3. The second kappa shape index (κ2) is 9.23. The van der Waals surface area contributed by atoms with Crippen molar-refractivity contribution in [1.82, 2.24) is 19.9 Å². The zero-order valence-corrected chi connectivity index (χ0v) is 17.1. The smallest absolute Gasteiger partial charge is 0.343 e. The van der Waals surface area contributed by atoms with Gasteiger partial charge in [0.2, 0.25) is 0 Å². The van der Waals surface area contributed by atoms with Gasteiger partial charge in [0.25, 0.3) is 0 Å². The van der Waals surface area contributed by atoms with Gasteiger partial charge in [-0.25, -0.2) is 19.7 Å². The van der Waals surface area contributed by atoms with Gasteiger partial charge in [0.05, 0.1) is 18.8 Å². The van der Waals surface area contributed by atoms with Crippen molar-refractivity contribution in [3.63, 3.8) is 0 Å². The lowest BCUT2D eigenvalue weighted by Crippen LogP contribution is -2.13. The standard InChI is InChI=1S/C22H19N5O2S/c1-2-29-22(28)18-13-25-19(15-7-4-3-5-8-15)27-20(18)24-12-17-14-30-21(26-17)16-9-6-10-23-11-16/h3-11,13-14H,2,12H2,1H3,(H,24,25,27). The van der Waals surface area contributed by atoms with Gasteiger partial charge >= 0.3 is 5.97 Å². The lowest BCUT2D eigenvalue weighted by Gasteiger charge is -2.11. The lowest BCUT2D eigenvalue weighted by atomic mass is 10.2. The number of anilines is 1. The van der Waals surface area contributed by atoms with Crippen LogP contribution in [0.15, 0.2) is 66.4 Å². The third-order valence-electron chi connectivity index (χ3n) is 4.21. The molecule has 4 rings (SSSR count). The quantitative estimate of drug-likeness (QED) is 0.444. The summed E-state index contributed by atoms with van der Waals surface area (Å²) in [6.45, 7) is 2.45. The Labute approximate surface area is 177 Å². The van der Waals surface area contributed by atoms with E-state index in [1.54, 1.807) is 30.7 Å². The molecule has 4 aromatic rings. The van der Waals surface area contributed by atoms with E-state index in [0.29, 0.717) is 23.8 Å². The maximum absolute atomic E-state index is 12.4. The molecule has 150 valence electrons. The van der Waals surface area contributed by atoms with Crippen molar-refractivity contribution < 1.29 is 9.53 Å². The molecule has 1 aromatic carbocycles. The molecule has 0 aliphatic carbocycles. The maximum Gasteiger partial charge on any atom is 0.343 e. The van der Waals surface area contributed by atoms with Gasteiger partial charge in [0, 0.05) is 35.1 Å². The van der Waals surface area contributed by atoms with Gasteiger partial charge in [-0.15, -0.1) is 11.3 Å². The summed E-state index contributed by atoms with van der Waals surface area (Å²) >= 11 is 1.54. The Morgan fingerprint density at radius 1 is 1.07 bits per heavy atom. The van der Waals surface area contributed by atoms with Crippen molar-refractivity contribution in [1.29, 1.82) is 0 Å². The molecule has 0 unspecified atom stereocenters. The van der Waals surface area contributed by atoms with Gasteiger partial charge < -0.3 is 10.1 Å². The molecular weight excluding hydrogens is 398 g/mol. The fourth-order valence-corrected chi connectivity index (χ4v) is 3.60. The molecule has 3 aromatic heterocycles. The van der Waals surface area contributed by atoms with E-state index < -0.39 is 5.97 Å².